The summed E-state index contributed by atoms with van der Waals surface area (Å²) in [5.41, 5.74) is 2.63. The first-order valence-corrected chi connectivity index (χ1v) is 11.6. The number of hydrogen-bond donors (Lipinski definition) is 2. The second kappa shape index (κ2) is 12.1. The molecule has 3 aliphatic rings. The van der Waals surface area contributed by atoms with Gasteiger partial charge in [0.1, 0.15) is 0 Å². The summed E-state index contributed by atoms with van der Waals surface area (Å²) >= 11 is 0. The topological polar surface area (TPSA) is 117 Å². The third-order valence-electron chi connectivity index (χ3n) is 6.26. The van der Waals surface area contributed by atoms with Crippen LogP contribution in [0.4, 0.5) is 26.3 Å². The fraction of sp³-hybridized carbons (Fsp3) is 0.522. The van der Waals surface area contributed by atoms with Crippen molar-refractivity contribution in [3.05, 3.63) is 41.7 Å². The van der Waals surface area contributed by atoms with Crippen LogP contribution >= 0.6 is 0 Å². The molecule has 1 aromatic heterocycles. The largest absolute Gasteiger partial charge is 0.490 e. The van der Waals surface area contributed by atoms with Gasteiger partial charge in [-0.3, -0.25) is 14.5 Å². The molecule has 0 unspecified atom stereocenters. The molecule has 0 spiro atoms. The summed E-state index contributed by atoms with van der Waals surface area (Å²) in [6.07, 6.45) is -3.52. The molecule has 2 N–H and O–H groups in total. The van der Waals surface area contributed by atoms with Crippen molar-refractivity contribution in [2.45, 2.75) is 50.4 Å². The Morgan fingerprint density at radius 3 is 1.85 bits per heavy atom. The normalized spacial score (nSPS) is 20.5. The number of carboxylic acid groups (broad SMARTS) is 2. The zero-order chi connectivity index (χ0) is 29.0. The number of fused-ring (bicyclic) bond motifs is 2. The number of carbonyl (C=O) groups is 2. The molecule has 1 aromatic carbocycles. The SMILES string of the molecule is Cn1cc(CN2CC[C@@H]3[C@@H]2CCN3Cc2ccc3c(c2)OCO3)cn1.O=C(O)C(F)(F)F.O=C(O)C(F)(F)F. The number of rotatable bonds is 4. The van der Waals surface area contributed by atoms with Crippen LogP contribution in [0.15, 0.2) is 30.6 Å². The van der Waals surface area contributed by atoms with Crippen molar-refractivity contribution >= 4 is 11.9 Å². The minimum atomic E-state index is -5.08. The van der Waals surface area contributed by atoms with Gasteiger partial charge in [-0.05, 0) is 30.5 Å². The zero-order valence-electron chi connectivity index (χ0n) is 20.6. The molecule has 39 heavy (non-hydrogen) atoms. The van der Waals surface area contributed by atoms with Gasteiger partial charge in [0.25, 0.3) is 0 Å². The van der Waals surface area contributed by atoms with Crippen LogP contribution in [0.2, 0.25) is 0 Å². The lowest BCUT2D eigenvalue weighted by Crippen LogP contribution is -2.35. The van der Waals surface area contributed by atoms with E-state index in [9.17, 15) is 26.3 Å². The van der Waals surface area contributed by atoms with Crippen molar-refractivity contribution in [3.8, 4) is 11.5 Å². The fourth-order valence-corrected chi connectivity index (χ4v) is 4.62. The molecule has 2 aromatic rings. The Kier molecular flexibility index (Phi) is 9.32. The van der Waals surface area contributed by atoms with Crippen molar-refractivity contribution in [3.63, 3.8) is 0 Å². The van der Waals surface area contributed by atoms with Gasteiger partial charge < -0.3 is 19.7 Å². The highest BCUT2D eigenvalue weighted by Gasteiger charge is 2.42. The minimum absolute atomic E-state index is 0.344. The van der Waals surface area contributed by atoms with Crippen LogP contribution in [-0.4, -0.2) is 86.1 Å². The maximum atomic E-state index is 10.6. The second-order valence-corrected chi connectivity index (χ2v) is 8.97. The van der Waals surface area contributed by atoms with E-state index in [-0.39, 0.29) is 0 Å². The van der Waals surface area contributed by atoms with Crippen LogP contribution in [0.1, 0.15) is 24.0 Å². The summed E-state index contributed by atoms with van der Waals surface area (Å²) in [6, 6.07) is 7.69. The monoisotopic (exact) mass is 568 g/mol. The highest BCUT2D eigenvalue weighted by molar-refractivity contribution is 5.73. The van der Waals surface area contributed by atoms with Crippen LogP contribution in [0.3, 0.4) is 0 Å². The highest BCUT2D eigenvalue weighted by Crippen LogP contribution is 2.36. The van der Waals surface area contributed by atoms with E-state index in [2.05, 4.69) is 33.2 Å². The molecule has 10 nitrogen and oxygen atoms in total. The predicted molar refractivity (Wildman–Crippen MR) is 121 cm³/mol. The molecule has 4 heterocycles. The molecular formula is C23H26F6N4O6. The molecular weight excluding hydrogens is 542 g/mol. The smallest absolute Gasteiger partial charge is 0.475 e. The molecule has 2 fully saturated rings. The van der Waals surface area contributed by atoms with E-state index in [1.165, 1.54) is 37.1 Å². The predicted octanol–water partition coefficient (Wildman–Crippen LogP) is 3.26. The number of alkyl halides is 6. The van der Waals surface area contributed by atoms with Crippen LogP contribution in [0.25, 0.3) is 0 Å². The van der Waals surface area contributed by atoms with Gasteiger partial charge >= 0.3 is 24.3 Å². The van der Waals surface area contributed by atoms with Crippen molar-refractivity contribution in [1.82, 2.24) is 19.6 Å². The third-order valence-corrected chi connectivity index (χ3v) is 6.26. The maximum Gasteiger partial charge on any atom is 0.490 e. The standard InChI is InChI=1S/C19H24N4O2.2C2HF3O2/c1-21-10-15(9-20-21)12-23-7-5-16-17(23)4-6-22(16)11-14-2-3-18-19(8-14)25-13-24-18;2*3-2(4,5)1(6)7/h2-3,8-10,16-17H,4-7,11-13H2,1H3;2*(H,6,7)/t16-,17+;;/m1../s1. The van der Waals surface area contributed by atoms with Gasteiger partial charge in [-0.15, -0.1) is 0 Å². The van der Waals surface area contributed by atoms with Crippen molar-refractivity contribution in [2.24, 2.45) is 7.05 Å². The first-order valence-electron chi connectivity index (χ1n) is 11.6. The highest BCUT2D eigenvalue weighted by atomic mass is 19.4. The van der Waals surface area contributed by atoms with Gasteiger partial charge in [0.2, 0.25) is 6.79 Å². The zero-order valence-corrected chi connectivity index (χ0v) is 20.6. The molecule has 2 saturated heterocycles. The van der Waals surface area contributed by atoms with Crippen molar-refractivity contribution < 1.29 is 55.6 Å². The molecule has 0 saturated carbocycles. The number of ether oxygens (including phenoxy) is 2. The Labute approximate surface area is 218 Å². The van der Waals surface area contributed by atoms with E-state index in [0.29, 0.717) is 18.9 Å². The number of aliphatic carboxylic acids is 2. The van der Waals surface area contributed by atoms with Gasteiger partial charge in [0.05, 0.1) is 6.20 Å². The van der Waals surface area contributed by atoms with Crippen LogP contribution in [0, 0.1) is 0 Å². The summed E-state index contributed by atoms with van der Waals surface area (Å²) in [4.78, 5) is 23.1. The van der Waals surface area contributed by atoms with Crippen molar-refractivity contribution in [1.29, 1.82) is 0 Å². The van der Waals surface area contributed by atoms with Gasteiger partial charge in [-0.2, -0.15) is 31.4 Å². The van der Waals surface area contributed by atoms with E-state index in [4.69, 9.17) is 29.3 Å². The number of nitrogens with zero attached hydrogens (tertiary/aromatic N) is 4. The Morgan fingerprint density at radius 1 is 0.897 bits per heavy atom. The van der Waals surface area contributed by atoms with Gasteiger partial charge in [0, 0.05) is 57.1 Å². The second-order valence-electron chi connectivity index (χ2n) is 8.97. The van der Waals surface area contributed by atoms with E-state index in [1.807, 2.05) is 24.0 Å². The molecule has 2 atom stereocenters. The molecule has 0 bridgehead atoms. The van der Waals surface area contributed by atoms with E-state index >= 15 is 0 Å². The molecule has 5 rings (SSSR count). The molecule has 216 valence electrons. The van der Waals surface area contributed by atoms with Crippen molar-refractivity contribution in [2.75, 3.05) is 19.9 Å². The summed E-state index contributed by atoms with van der Waals surface area (Å²) in [5, 5.41) is 18.6. The van der Waals surface area contributed by atoms with E-state index in [0.717, 1.165) is 24.6 Å². The summed E-state index contributed by atoms with van der Waals surface area (Å²) < 4.78 is 76.3. The summed E-state index contributed by atoms with van der Waals surface area (Å²) in [6.45, 7) is 4.72. The number of aryl methyl sites for hydroxylation is 1. The first kappa shape index (κ1) is 30.0. The number of aromatic nitrogens is 2. The maximum absolute atomic E-state index is 10.6. The summed E-state index contributed by atoms with van der Waals surface area (Å²) in [7, 11) is 1.99. The first-order chi connectivity index (χ1) is 18.1. The molecule has 3 aliphatic heterocycles. The fourth-order valence-electron chi connectivity index (χ4n) is 4.62. The molecule has 0 amide bonds. The Morgan fingerprint density at radius 2 is 1.38 bits per heavy atom. The Balaban J connectivity index is 0.000000251. The van der Waals surface area contributed by atoms with E-state index in [1.54, 1.807) is 0 Å². The number of carboxylic acids is 2. The Hall–Kier alpha value is -3.53. The van der Waals surface area contributed by atoms with E-state index < -0.39 is 24.3 Å². The van der Waals surface area contributed by atoms with Gasteiger partial charge in [0.15, 0.2) is 11.5 Å². The lowest BCUT2D eigenvalue weighted by atomic mass is 10.1. The number of halogens is 6. The average molecular weight is 568 g/mol. The minimum Gasteiger partial charge on any atom is -0.475 e. The van der Waals surface area contributed by atoms with Gasteiger partial charge in [-0.1, -0.05) is 6.07 Å². The van der Waals surface area contributed by atoms with Crippen LogP contribution < -0.4 is 9.47 Å². The number of hydrogen-bond acceptors (Lipinski definition) is 7. The summed E-state index contributed by atoms with van der Waals surface area (Å²) in [5.74, 6) is -3.76. The lowest BCUT2D eigenvalue weighted by Gasteiger charge is -2.25. The molecule has 0 aliphatic carbocycles. The van der Waals surface area contributed by atoms with Crippen LogP contribution in [0.5, 0.6) is 11.5 Å². The quantitative estimate of drug-likeness (QED) is 0.536. The molecule has 0 radical (unpaired) electrons. The number of benzene rings is 1. The van der Waals surface area contributed by atoms with Crippen LogP contribution in [-0.2, 0) is 29.7 Å². The van der Waals surface area contributed by atoms with Gasteiger partial charge in [-0.25, -0.2) is 9.59 Å². The average Bonchev–Trinajstić information content (AvgIpc) is 3.61. The Bertz CT molecular complexity index is 1130. The lowest BCUT2D eigenvalue weighted by molar-refractivity contribution is -0.193. The number of likely N-dealkylation sites (tertiary alicyclic amines) is 2. The molecule has 16 heteroatoms. The third kappa shape index (κ3) is 8.23.